The summed E-state index contributed by atoms with van der Waals surface area (Å²) in [4.78, 5) is 12.3. The lowest BCUT2D eigenvalue weighted by Gasteiger charge is -2.33. The molecule has 6 heteroatoms. The molecule has 0 aromatic rings. The van der Waals surface area contributed by atoms with Crippen LogP contribution >= 0.6 is 11.8 Å². The largest absolute Gasteiger partial charge is 0.390 e. The van der Waals surface area contributed by atoms with E-state index in [-0.39, 0.29) is 11.8 Å². The predicted octanol–water partition coefficient (Wildman–Crippen LogP) is 1.26. The molecule has 4 atom stereocenters. The lowest BCUT2D eigenvalue weighted by atomic mass is 9.82. The molecule has 0 aromatic heterocycles. The molecule has 0 radical (unpaired) electrons. The highest BCUT2D eigenvalue weighted by Gasteiger charge is 2.39. The quantitative estimate of drug-likeness (QED) is 0.505. The molecule has 23 heavy (non-hydrogen) atoms. The first kappa shape index (κ1) is 19.0. The van der Waals surface area contributed by atoms with Crippen molar-refractivity contribution in [1.29, 1.82) is 0 Å². The van der Waals surface area contributed by atoms with Crippen LogP contribution in [0.2, 0.25) is 0 Å². The molecule has 5 N–H and O–H groups in total. The molecule has 2 aliphatic rings. The molecule has 0 spiro atoms. The summed E-state index contributed by atoms with van der Waals surface area (Å²) < 4.78 is 0. The number of amides is 1. The number of nitrogens with two attached hydrogens (primary N) is 1. The molecule has 0 aliphatic heterocycles. The van der Waals surface area contributed by atoms with E-state index in [1.165, 1.54) is 31.0 Å². The van der Waals surface area contributed by atoms with E-state index in [1.54, 1.807) is 0 Å². The average molecular weight is 345 g/mol. The fourth-order valence-corrected chi connectivity index (χ4v) is 4.08. The number of rotatable bonds is 9. The number of aliphatic hydroxyl groups excluding tert-OH is 2. The summed E-state index contributed by atoms with van der Waals surface area (Å²) in [6.07, 6.45) is 8.97. The van der Waals surface area contributed by atoms with Crippen molar-refractivity contribution < 1.29 is 15.0 Å². The van der Waals surface area contributed by atoms with E-state index in [2.05, 4.69) is 5.32 Å². The van der Waals surface area contributed by atoms with Gasteiger partial charge in [0.1, 0.15) is 6.10 Å². The molecular weight excluding hydrogens is 312 g/mol. The third-order valence-corrected chi connectivity index (χ3v) is 5.88. The van der Waals surface area contributed by atoms with Crippen LogP contribution in [0.5, 0.6) is 0 Å². The van der Waals surface area contributed by atoms with Crippen molar-refractivity contribution in [3.63, 3.8) is 0 Å². The Morgan fingerprint density at radius 3 is 2.43 bits per heavy atom. The summed E-state index contributed by atoms with van der Waals surface area (Å²) >= 11 is 1.53. The van der Waals surface area contributed by atoms with Crippen LogP contribution < -0.4 is 11.1 Å². The highest BCUT2D eigenvalue weighted by molar-refractivity contribution is 7.98. The Bertz CT molecular complexity index is 373. The van der Waals surface area contributed by atoms with E-state index >= 15 is 0 Å². The topological polar surface area (TPSA) is 95.6 Å². The molecular formula is C17H32N2O3S. The maximum Gasteiger partial charge on any atom is 0.238 e. The van der Waals surface area contributed by atoms with Gasteiger partial charge in [0.15, 0.2) is 0 Å². The number of carbonyl (C=O) groups excluding carboxylic acids is 1. The highest BCUT2D eigenvalue weighted by Crippen LogP contribution is 2.36. The first-order chi connectivity index (χ1) is 11.0. The van der Waals surface area contributed by atoms with Gasteiger partial charge in [-0.3, -0.25) is 4.79 Å². The van der Waals surface area contributed by atoms with E-state index in [0.29, 0.717) is 11.7 Å². The van der Waals surface area contributed by atoms with Gasteiger partial charge in [0, 0.05) is 5.75 Å². The van der Waals surface area contributed by atoms with Crippen molar-refractivity contribution in [2.24, 2.45) is 17.6 Å². The summed E-state index contributed by atoms with van der Waals surface area (Å²) in [6, 6.07) is -0.960. The minimum atomic E-state index is -0.894. The first-order valence-electron chi connectivity index (χ1n) is 8.94. The van der Waals surface area contributed by atoms with E-state index in [9.17, 15) is 15.0 Å². The molecule has 5 nitrogen and oxygen atoms in total. The van der Waals surface area contributed by atoms with Crippen LogP contribution in [-0.2, 0) is 4.79 Å². The van der Waals surface area contributed by atoms with Crippen molar-refractivity contribution in [3.8, 4) is 0 Å². The minimum absolute atomic E-state index is 0.190. The van der Waals surface area contributed by atoms with Crippen LogP contribution in [0.25, 0.3) is 0 Å². The Morgan fingerprint density at radius 1 is 1.22 bits per heavy atom. The van der Waals surface area contributed by atoms with Crippen molar-refractivity contribution in [2.75, 3.05) is 12.0 Å². The molecule has 2 rings (SSSR count). The van der Waals surface area contributed by atoms with Crippen LogP contribution in [0, 0.1) is 11.8 Å². The van der Waals surface area contributed by atoms with E-state index in [0.717, 1.165) is 32.1 Å². The average Bonchev–Trinajstić information content (AvgIpc) is 3.39. The molecule has 0 heterocycles. The fourth-order valence-electron chi connectivity index (χ4n) is 3.57. The van der Waals surface area contributed by atoms with Gasteiger partial charge < -0.3 is 21.3 Å². The Balaban J connectivity index is 1.95. The van der Waals surface area contributed by atoms with Crippen LogP contribution in [0.4, 0.5) is 0 Å². The second-order valence-corrected chi connectivity index (χ2v) is 8.15. The van der Waals surface area contributed by atoms with Gasteiger partial charge in [0.05, 0.1) is 18.2 Å². The van der Waals surface area contributed by atoms with Crippen LogP contribution in [0.15, 0.2) is 0 Å². The second-order valence-electron chi connectivity index (χ2n) is 7.24. The number of hydrogen-bond acceptors (Lipinski definition) is 5. The molecule has 2 fully saturated rings. The number of thioether (sulfide) groups is 1. The molecule has 2 aliphatic carbocycles. The second kappa shape index (κ2) is 9.25. The SMILES string of the molecule is CSC[C@@H](N)C(=O)N[C@@H](CC1CCCCC1)[C@@H](O)[C@@H](O)C1CC1. The van der Waals surface area contributed by atoms with Crippen molar-refractivity contribution in [1.82, 2.24) is 5.32 Å². The summed E-state index contributed by atoms with van der Waals surface area (Å²) in [5, 5.41) is 23.8. The molecule has 2 saturated carbocycles. The lowest BCUT2D eigenvalue weighted by molar-refractivity contribution is -0.124. The van der Waals surface area contributed by atoms with Gasteiger partial charge in [-0.2, -0.15) is 11.8 Å². The summed E-state index contributed by atoms with van der Waals surface area (Å²) in [7, 11) is 0. The van der Waals surface area contributed by atoms with Gasteiger partial charge in [-0.25, -0.2) is 0 Å². The third kappa shape index (κ3) is 5.93. The minimum Gasteiger partial charge on any atom is -0.390 e. The van der Waals surface area contributed by atoms with Crippen molar-refractivity contribution in [2.45, 2.75) is 75.7 Å². The van der Waals surface area contributed by atoms with Crippen LogP contribution in [0.3, 0.4) is 0 Å². The van der Waals surface area contributed by atoms with Crippen molar-refractivity contribution >= 4 is 17.7 Å². The molecule has 0 bridgehead atoms. The summed E-state index contributed by atoms with van der Waals surface area (Å²) in [6.45, 7) is 0. The maximum atomic E-state index is 12.3. The zero-order valence-electron chi connectivity index (χ0n) is 14.1. The Labute approximate surface area is 143 Å². The Kier molecular flexibility index (Phi) is 7.66. The number of nitrogens with one attached hydrogen (secondary N) is 1. The number of hydrogen-bond donors (Lipinski definition) is 4. The summed E-state index contributed by atoms with van der Waals surface area (Å²) in [5.41, 5.74) is 5.88. The first-order valence-corrected chi connectivity index (χ1v) is 10.3. The molecule has 0 saturated heterocycles. The Hall–Kier alpha value is -0.300. The van der Waals surface area contributed by atoms with E-state index < -0.39 is 24.3 Å². The smallest absolute Gasteiger partial charge is 0.238 e. The number of aliphatic hydroxyl groups is 2. The predicted molar refractivity (Wildman–Crippen MR) is 94.2 cm³/mol. The van der Waals surface area contributed by atoms with E-state index in [4.69, 9.17) is 5.73 Å². The van der Waals surface area contributed by atoms with Crippen molar-refractivity contribution in [3.05, 3.63) is 0 Å². The summed E-state index contributed by atoms with van der Waals surface area (Å²) in [5.74, 6) is 1.05. The van der Waals surface area contributed by atoms with Gasteiger partial charge in [0.2, 0.25) is 5.91 Å². The van der Waals surface area contributed by atoms with Crippen LogP contribution in [-0.4, -0.2) is 52.4 Å². The standard InChI is InChI=1S/C17H32N2O3S/c1-23-10-13(18)17(22)19-14(9-11-5-3-2-4-6-11)16(21)15(20)12-7-8-12/h11-16,20-21H,2-10,18H2,1H3,(H,19,22)/t13-,14+,15+,16-/m1/s1. The molecule has 0 unspecified atom stereocenters. The van der Waals surface area contributed by atoms with Gasteiger partial charge in [0.25, 0.3) is 0 Å². The highest BCUT2D eigenvalue weighted by atomic mass is 32.2. The van der Waals surface area contributed by atoms with Crippen LogP contribution in [0.1, 0.15) is 51.4 Å². The monoisotopic (exact) mass is 344 g/mol. The molecule has 134 valence electrons. The normalized spacial score (nSPS) is 24.7. The third-order valence-electron chi connectivity index (χ3n) is 5.19. The molecule has 0 aromatic carbocycles. The lowest BCUT2D eigenvalue weighted by Crippen LogP contribution is -2.54. The van der Waals surface area contributed by atoms with Gasteiger partial charge in [-0.05, 0) is 37.4 Å². The zero-order chi connectivity index (χ0) is 16.8. The zero-order valence-corrected chi connectivity index (χ0v) is 14.9. The van der Waals surface area contributed by atoms with Gasteiger partial charge >= 0.3 is 0 Å². The van der Waals surface area contributed by atoms with Gasteiger partial charge in [-0.15, -0.1) is 0 Å². The van der Waals surface area contributed by atoms with E-state index in [1.807, 2.05) is 6.26 Å². The van der Waals surface area contributed by atoms with Gasteiger partial charge in [-0.1, -0.05) is 32.1 Å². The molecule has 1 amide bonds. The fraction of sp³-hybridized carbons (Fsp3) is 0.941. The number of carbonyl (C=O) groups is 1. The Morgan fingerprint density at radius 2 is 1.87 bits per heavy atom. The maximum absolute atomic E-state index is 12.3.